The average molecular weight is 382 g/mol. The molecule has 1 unspecified atom stereocenters. The van der Waals surface area contributed by atoms with Crippen molar-refractivity contribution in [3.8, 4) is 0 Å². The van der Waals surface area contributed by atoms with Crippen LogP contribution in [0.2, 0.25) is 5.02 Å². The molecule has 3 rings (SSSR count). The second kappa shape index (κ2) is 6.64. The quantitative estimate of drug-likeness (QED) is 0.708. The fourth-order valence-corrected chi connectivity index (χ4v) is 2.83. The molecule has 3 aromatic rings. The molecular formula is C18H15ClF3N3O. The van der Waals surface area contributed by atoms with Crippen LogP contribution in [0.15, 0.2) is 42.6 Å². The van der Waals surface area contributed by atoms with Crippen LogP contribution in [0, 0.1) is 6.92 Å². The van der Waals surface area contributed by atoms with Crippen LogP contribution >= 0.6 is 11.6 Å². The van der Waals surface area contributed by atoms with Gasteiger partial charge in [0.2, 0.25) is 0 Å². The largest absolute Gasteiger partial charge is 0.417 e. The highest BCUT2D eigenvalue weighted by Gasteiger charge is 2.31. The van der Waals surface area contributed by atoms with Crippen LogP contribution < -0.4 is 5.32 Å². The lowest BCUT2D eigenvalue weighted by Crippen LogP contribution is -2.28. The number of aryl methyl sites for hydroxylation is 1. The second-order valence-electron chi connectivity index (χ2n) is 5.94. The van der Waals surface area contributed by atoms with E-state index in [-0.39, 0.29) is 17.4 Å². The van der Waals surface area contributed by atoms with Gasteiger partial charge in [0.25, 0.3) is 5.91 Å². The van der Waals surface area contributed by atoms with E-state index in [0.717, 1.165) is 17.8 Å². The van der Waals surface area contributed by atoms with Crippen molar-refractivity contribution < 1.29 is 18.0 Å². The van der Waals surface area contributed by atoms with Crippen molar-refractivity contribution in [1.29, 1.82) is 0 Å². The lowest BCUT2D eigenvalue weighted by Gasteiger charge is -2.15. The monoisotopic (exact) mass is 381 g/mol. The number of carbonyl (C=O) groups is 1. The summed E-state index contributed by atoms with van der Waals surface area (Å²) in [6, 6.07) is 8.79. The van der Waals surface area contributed by atoms with Crippen molar-refractivity contribution in [2.75, 3.05) is 0 Å². The smallest absolute Gasteiger partial charge is 0.344 e. The zero-order chi connectivity index (χ0) is 19.1. The van der Waals surface area contributed by atoms with E-state index in [1.807, 2.05) is 0 Å². The van der Waals surface area contributed by atoms with Gasteiger partial charge < -0.3 is 5.32 Å². The van der Waals surface area contributed by atoms with Crippen LogP contribution in [0.5, 0.6) is 0 Å². The van der Waals surface area contributed by atoms with Gasteiger partial charge in [0.15, 0.2) is 0 Å². The van der Waals surface area contributed by atoms with Crippen molar-refractivity contribution in [3.63, 3.8) is 0 Å². The van der Waals surface area contributed by atoms with E-state index < -0.39 is 17.6 Å². The highest BCUT2D eigenvalue weighted by atomic mass is 35.5. The number of nitrogens with one attached hydrogen (secondary N) is 1. The molecule has 0 aliphatic carbocycles. The third kappa shape index (κ3) is 3.53. The molecule has 0 saturated carbocycles. The molecule has 0 aliphatic rings. The lowest BCUT2D eigenvalue weighted by molar-refractivity contribution is -0.137. The number of pyridine rings is 1. The summed E-state index contributed by atoms with van der Waals surface area (Å²) < 4.78 is 40.1. The predicted octanol–water partition coefficient (Wildman–Crippen LogP) is 4.81. The van der Waals surface area contributed by atoms with E-state index in [1.165, 1.54) is 10.5 Å². The van der Waals surface area contributed by atoms with Gasteiger partial charge in [-0.15, -0.1) is 0 Å². The van der Waals surface area contributed by atoms with Gasteiger partial charge in [-0.3, -0.25) is 9.20 Å². The molecule has 1 atom stereocenters. The van der Waals surface area contributed by atoms with E-state index in [1.54, 1.807) is 38.1 Å². The number of aromatic nitrogens is 2. The molecule has 26 heavy (non-hydrogen) atoms. The maximum atomic E-state index is 13.0. The molecule has 1 N–H and O–H groups in total. The summed E-state index contributed by atoms with van der Waals surface area (Å²) in [6.45, 7) is 3.36. The zero-order valence-electron chi connectivity index (χ0n) is 13.9. The van der Waals surface area contributed by atoms with Gasteiger partial charge in [-0.1, -0.05) is 23.7 Å². The molecule has 136 valence electrons. The fraction of sp³-hybridized carbons (Fsp3) is 0.222. The summed E-state index contributed by atoms with van der Waals surface area (Å²) >= 11 is 5.85. The number of carbonyl (C=O) groups excluding carboxylic acids is 1. The first-order chi connectivity index (χ1) is 12.2. The molecular weight excluding hydrogens is 367 g/mol. The lowest BCUT2D eigenvalue weighted by atomic mass is 10.1. The van der Waals surface area contributed by atoms with Gasteiger partial charge in [0.05, 0.1) is 17.3 Å². The van der Waals surface area contributed by atoms with Gasteiger partial charge in [-0.2, -0.15) is 13.2 Å². The number of rotatable bonds is 3. The van der Waals surface area contributed by atoms with Gasteiger partial charge in [0, 0.05) is 11.2 Å². The summed E-state index contributed by atoms with van der Waals surface area (Å²) in [5.41, 5.74) is 0.684. The molecule has 0 spiro atoms. The predicted molar refractivity (Wildman–Crippen MR) is 92.3 cm³/mol. The average Bonchev–Trinajstić information content (AvgIpc) is 2.89. The van der Waals surface area contributed by atoms with Gasteiger partial charge in [-0.05, 0) is 43.7 Å². The molecule has 4 nitrogen and oxygen atoms in total. The minimum atomic E-state index is -4.50. The maximum absolute atomic E-state index is 13.0. The molecule has 2 aromatic heterocycles. The van der Waals surface area contributed by atoms with Crippen molar-refractivity contribution in [1.82, 2.24) is 14.7 Å². The molecule has 0 bridgehead atoms. The third-order valence-corrected chi connectivity index (χ3v) is 4.30. The van der Waals surface area contributed by atoms with Crippen LogP contribution in [0.25, 0.3) is 5.65 Å². The van der Waals surface area contributed by atoms with Gasteiger partial charge >= 0.3 is 6.18 Å². The molecule has 1 aromatic carbocycles. The number of halogens is 4. The second-order valence-corrected chi connectivity index (χ2v) is 6.37. The van der Waals surface area contributed by atoms with Crippen LogP contribution in [0.3, 0.4) is 0 Å². The first-order valence-electron chi connectivity index (χ1n) is 7.79. The van der Waals surface area contributed by atoms with E-state index in [4.69, 9.17) is 11.6 Å². The zero-order valence-corrected chi connectivity index (χ0v) is 14.7. The fourth-order valence-electron chi connectivity index (χ4n) is 2.70. The number of alkyl halides is 3. The first kappa shape index (κ1) is 18.3. The Bertz CT molecular complexity index is 964. The first-order valence-corrected chi connectivity index (χ1v) is 8.17. The summed E-state index contributed by atoms with van der Waals surface area (Å²) in [5, 5.41) is 3.36. The Morgan fingerprint density at radius 3 is 2.46 bits per heavy atom. The van der Waals surface area contributed by atoms with E-state index in [2.05, 4.69) is 10.3 Å². The van der Waals surface area contributed by atoms with Crippen molar-refractivity contribution in [2.45, 2.75) is 26.1 Å². The van der Waals surface area contributed by atoms with Crippen LogP contribution in [-0.2, 0) is 6.18 Å². The minimum Gasteiger partial charge on any atom is -0.344 e. The summed E-state index contributed by atoms with van der Waals surface area (Å²) in [7, 11) is 0. The number of amides is 1. The minimum absolute atomic E-state index is 0.0758. The van der Waals surface area contributed by atoms with E-state index in [0.29, 0.717) is 10.7 Å². The number of benzene rings is 1. The Hall–Kier alpha value is -2.54. The summed E-state index contributed by atoms with van der Waals surface area (Å²) in [4.78, 5) is 16.8. The van der Waals surface area contributed by atoms with Crippen molar-refractivity contribution >= 4 is 23.2 Å². The Morgan fingerprint density at radius 1 is 1.19 bits per heavy atom. The third-order valence-electron chi connectivity index (χ3n) is 4.05. The topological polar surface area (TPSA) is 46.4 Å². The standard InChI is InChI=1S/C18H15ClF3N3O/c1-10(12-3-6-14(19)7-4-12)24-17(26)16-11(2)23-15-8-5-13(9-25(15)16)18(20,21)22/h3-10H,1-2H3,(H,24,26). The molecule has 2 heterocycles. The molecule has 0 saturated heterocycles. The summed E-state index contributed by atoms with van der Waals surface area (Å²) in [6.07, 6.45) is -3.62. The Kier molecular flexibility index (Phi) is 4.66. The maximum Gasteiger partial charge on any atom is 0.417 e. The van der Waals surface area contributed by atoms with Crippen molar-refractivity contribution in [2.24, 2.45) is 0 Å². The van der Waals surface area contributed by atoms with Crippen LogP contribution in [0.4, 0.5) is 13.2 Å². The molecule has 0 aliphatic heterocycles. The molecule has 8 heteroatoms. The van der Waals surface area contributed by atoms with Gasteiger partial charge in [0.1, 0.15) is 11.3 Å². The van der Waals surface area contributed by atoms with Crippen molar-refractivity contribution in [3.05, 3.63) is 70.1 Å². The number of fused-ring (bicyclic) bond motifs is 1. The number of nitrogens with zero attached hydrogens (tertiary/aromatic N) is 2. The van der Waals surface area contributed by atoms with E-state index in [9.17, 15) is 18.0 Å². The van der Waals surface area contributed by atoms with Crippen LogP contribution in [-0.4, -0.2) is 15.3 Å². The van der Waals surface area contributed by atoms with E-state index >= 15 is 0 Å². The van der Waals surface area contributed by atoms with Gasteiger partial charge in [-0.25, -0.2) is 4.98 Å². The molecule has 1 amide bonds. The highest BCUT2D eigenvalue weighted by Crippen LogP contribution is 2.30. The number of hydrogen-bond donors (Lipinski definition) is 1. The normalized spacial score (nSPS) is 13.0. The Morgan fingerprint density at radius 2 is 1.85 bits per heavy atom. The summed E-state index contributed by atoms with van der Waals surface area (Å²) in [5.74, 6) is -0.503. The van der Waals surface area contributed by atoms with Crippen LogP contribution in [0.1, 0.15) is 40.3 Å². The molecule has 0 radical (unpaired) electrons. The number of hydrogen-bond acceptors (Lipinski definition) is 2. The Labute approximate surface area is 152 Å². The Balaban J connectivity index is 1.94. The SMILES string of the molecule is Cc1nc2ccc(C(F)(F)F)cn2c1C(=O)NC(C)c1ccc(Cl)cc1. The number of imidazole rings is 1. The highest BCUT2D eigenvalue weighted by molar-refractivity contribution is 6.30. The molecule has 0 fully saturated rings.